The van der Waals surface area contributed by atoms with Crippen molar-refractivity contribution in [2.24, 2.45) is 11.8 Å². The van der Waals surface area contributed by atoms with Crippen LogP contribution in [0, 0.1) is 41.1 Å². The Kier molecular flexibility index (Phi) is 8.55. The van der Waals surface area contributed by atoms with Crippen molar-refractivity contribution in [1.82, 2.24) is 0 Å². The molecule has 1 nitrogen and oxygen atoms in total. The van der Waals surface area contributed by atoms with E-state index in [9.17, 15) is 22.0 Å². The van der Waals surface area contributed by atoms with Gasteiger partial charge in [-0.2, -0.15) is 8.78 Å². The fraction of sp³-hybridized carbons (Fsp3) is 0.462. The third-order valence-corrected chi connectivity index (χ3v) is 6.09. The number of halogens is 5. The third kappa shape index (κ3) is 6.72. The van der Waals surface area contributed by atoms with Crippen molar-refractivity contribution >= 4 is 0 Å². The largest absolute Gasteiger partial charge is 0.432 e. The molecule has 0 aromatic heterocycles. The van der Waals surface area contributed by atoms with Crippen LogP contribution in [0.5, 0.6) is 5.75 Å². The highest BCUT2D eigenvalue weighted by Gasteiger charge is 2.20. The molecular weight excluding hydrogens is 423 g/mol. The van der Waals surface area contributed by atoms with Crippen LogP contribution in [-0.2, 0) is 6.42 Å². The van der Waals surface area contributed by atoms with E-state index in [1.807, 2.05) is 0 Å². The molecule has 0 radical (unpaired) electrons. The minimum absolute atomic E-state index is 0.0886. The van der Waals surface area contributed by atoms with Gasteiger partial charge in [-0.15, -0.1) is 0 Å². The van der Waals surface area contributed by atoms with Gasteiger partial charge in [-0.1, -0.05) is 57.3 Å². The molecule has 1 saturated carbocycles. The molecule has 0 heterocycles. The van der Waals surface area contributed by atoms with Crippen LogP contribution in [0.25, 0.3) is 0 Å². The molecule has 3 rings (SSSR count). The summed E-state index contributed by atoms with van der Waals surface area (Å²) in [5.41, 5.74) is 0.286. The van der Waals surface area contributed by atoms with Gasteiger partial charge in [-0.25, -0.2) is 13.2 Å². The summed E-state index contributed by atoms with van der Waals surface area (Å²) in [6.07, 6.45) is 8.86. The van der Waals surface area contributed by atoms with Gasteiger partial charge in [-0.3, -0.25) is 0 Å². The van der Waals surface area contributed by atoms with Gasteiger partial charge in [0.05, 0.1) is 5.56 Å². The van der Waals surface area contributed by atoms with E-state index in [0.717, 1.165) is 24.5 Å². The first kappa shape index (κ1) is 24.1. The van der Waals surface area contributed by atoms with Crippen LogP contribution in [-0.4, -0.2) is 6.61 Å². The molecule has 0 saturated heterocycles. The Labute approximate surface area is 186 Å². The summed E-state index contributed by atoms with van der Waals surface area (Å²) in [4.78, 5) is 0. The van der Waals surface area contributed by atoms with E-state index < -0.39 is 35.4 Å². The van der Waals surface area contributed by atoms with Crippen molar-refractivity contribution in [3.8, 4) is 17.6 Å². The maximum Gasteiger partial charge on any atom is 0.387 e. The Balaban J connectivity index is 1.62. The van der Waals surface area contributed by atoms with Crippen LogP contribution in [0.4, 0.5) is 22.0 Å². The van der Waals surface area contributed by atoms with E-state index in [0.29, 0.717) is 17.9 Å². The Bertz CT molecular complexity index is 945. The lowest BCUT2D eigenvalue weighted by Gasteiger charge is -2.28. The molecule has 0 bridgehead atoms. The normalized spacial score (nSPS) is 18.3. The number of hydrogen-bond donors (Lipinski definition) is 0. The quantitative estimate of drug-likeness (QED) is 0.311. The Morgan fingerprint density at radius 3 is 2.06 bits per heavy atom. The highest BCUT2D eigenvalue weighted by molar-refractivity contribution is 5.46. The van der Waals surface area contributed by atoms with Gasteiger partial charge < -0.3 is 4.74 Å². The van der Waals surface area contributed by atoms with Crippen LogP contribution in [0.2, 0.25) is 0 Å². The summed E-state index contributed by atoms with van der Waals surface area (Å²) in [5, 5.41) is 0. The maximum atomic E-state index is 14.5. The molecule has 2 aromatic rings. The minimum atomic E-state index is -3.15. The van der Waals surface area contributed by atoms with Crippen molar-refractivity contribution < 1.29 is 26.7 Å². The smallest absolute Gasteiger partial charge is 0.387 e. The predicted molar refractivity (Wildman–Crippen MR) is 114 cm³/mol. The first-order valence-electron chi connectivity index (χ1n) is 11.1. The standard InChI is InChI=1S/C26H27F5O/c1-2-3-17-4-6-18(7-5-17)8-9-20-15-22(27)21(23(28)16-20)12-10-19-11-13-25(24(29)14-19)32-26(30)31/h11,13-18,26H,2-9H2,1H3/t17-,18-. The van der Waals surface area contributed by atoms with Gasteiger partial charge in [0.25, 0.3) is 0 Å². The lowest BCUT2D eigenvalue weighted by molar-refractivity contribution is -0.0521. The number of ether oxygens (including phenoxy) is 1. The van der Waals surface area contributed by atoms with E-state index >= 15 is 0 Å². The molecule has 0 N–H and O–H groups in total. The number of alkyl halides is 2. The fourth-order valence-corrected chi connectivity index (χ4v) is 4.38. The summed E-state index contributed by atoms with van der Waals surface area (Å²) in [5.74, 6) is 3.09. The fourth-order valence-electron chi connectivity index (χ4n) is 4.38. The SMILES string of the molecule is CCC[C@H]1CC[C@H](CCc2cc(F)c(C#Cc3ccc(OC(F)F)c(F)c3)c(F)c2)CC1. The average Bonchev–Trinajstić information content (AvgIpc) is 2.74. The van der Waals surface area contributed by atoms with Crippen molar-refractivity contribution in [3.05, 3.63) is 64.5 Å². The summed E-state index contributed by atoms with van der Waals surface area (Å²) in [6.45, 7) is -0.942. The second-order valence-electron chi connectivity index (χ2n) is 8.42. The van der Waals surface area contributed by atoms with Crippen molar-refractivity contribution in [2.75, 3.05) is 0 Å². The molecule has 1 aliphatic carbocycles. The topological polar surface area (TPSA) is 9.23 Å². The highest BCUT2D eigenvalue weighted by atomic mass is 19.3. The van der Waals surface area contributed by atoms with Gasteiger partial charge in [0, 0.05) is 5.56 Å². The highest BCUT2D eigenvalue weighted by Crippen LogP contribution is 2.34. The lowest BCUT2D eigenvalue weighted by Crippen LogP contribution is -2.15. The average molecular weight is 450 g/mol. The van der Waals surface area contributed by atoms with Crippen LogP contribution < -0.4 is 4.74 Å². The summed E-state index contributed by atoms with van der Waals surface area (Å²) in [6, 6.07) is 5.72. The van der Waals surface area contributed by atoms with Crippen LogP contribution in [0.1, 0.15) is 68.6 Å². The second kappa shape index (κ2) is 11.4. The zero-order valence-electron chi connectivity index (χ0n) is 18.1. The van der Waals surface area contributed by atoms with Gasteiger partial charge >= 0.3 is 6.61 Å². The van der Waals surface area contributed by atoms with E-state index in [1.54, 1.807) is 0 Å². The van der Waals surface area contributed by atoms with Crippen LogP contribution >= 0.6 is 0 Å². The molecule has 2 aromatic carbocycles. The number of hydrogen-bond acceptors (Lipinski definition) is 1. The first-order valence-corrected chi connectivity index (χ1v) is 11.1. The molecule has 0 amide bonds. The molecule has 32 heavy (non-hydrogen) atoms. The van der Waals surface area contributed by atoms with Gasteiger partial charge in [0.1, 0.15) is 11.6 Å². The van der Waals surface area contributed by atoms with Gasteiger partial charge in [0.15, 0.2) is 11.6 Å². The number of rotatable bonds is 7. The Hall–Kier alpha value is -2.55. The molecule has 0 spiro atoms. The van der Waals surface area contributed by atoms with E-state index in [2.05, 4.69) is 23.5 Å². The Morgan fingerprint density at radius 1 is 0.875 bits per heavy atom. The molecule has 6 heteroatoms. The molecule has 172 valence electrons. The number of benzene rings is 2. The van der Waals surface area contributed by atoms with Crippen molar-refractivity contribution in [3.63, 3.8) is 0 Å². The van der Waals surface area contributed by atoms with Crippen molar-refractivity contribution in [1.29, 1.82) is 0 Å². The third-order valence-electron chi connectivity index (χ3n) is 6.09. The molecule has 1 fully saturated rings. The zero-order chi connectivity index (χ0) is 23.1. The van der Waals surface area contributed by atoms with Crippen LogP contribution in [0.3, 0.4) is 0 Å². The summed E-state index contributed by atoms with van der Waals surface area (Å²) < 4.78 is 71.1. The van der Waals surface area contributed by atoms with E-state index in [4.69, 9.17) is 0 Å². The molecule has 0 unspecified atom stereocenters. The minimum Gasteiger partial charge on any atom is -0.432 e. The number of aryl methyl sites for hydroxylation is 1. The second-order valence-corrected chi connectivity index (χ2v) is 8.42. The van der Waals surface area contributed by atoms with E-state index in [-0.39, 0.29) is 5.56 Å². The monoisotopic (exact) mass is 450 g/mol. The van der Waals surface area contributed by atoms with Gasteiger partial charge in [-0.05, 0) is 60.6 Å². The lowest BCUT2D eigenvalue weighted by atomic mass is 9.78. The van der Waals surface area contributed by atoms with Crippen LogP contribution in [0.15, 0.2) is 30.3 Å². The maximum absolute atomic E-state index is 14.5. The zero-order valence-corrected chi connectivity index (χ0v) is 18.1. The molecule has 1 aliphatic rings. The first-order chi connectivity index (χ1) is 15.4. The summed E-state index contributed by atoms with van der Waals surface area (Å²) >= 11 is 0. The summed E-state index contributed by atoms with van der Waals surface area (Å²) in [7, 11) is 0. The molecule has 0 aliphatic heterocycles. The van der Waals surface area contributed by atoms with Gasteiger partial charge in [0.2, 0.25) is 0 Å². The van der Waals surface area contributed by atoms with Crippen molar-refractivity contribution in [2.45, 2.75) is 64.9 Å². The molecular formula is C26H27F5O. The molecule has 0 atom stereocenters. The Morgan fingerprint density at radius 2 is 1.50 bits per heavy atom. The van der Waals surface area contributed by atoms with E-state index in [1.165, 1.54) is 56.7 Å². The predicted octanol–water partition coefficient (Wildman–Crippen LogP) is 7.64.